The molecule has 19 heavy (non-hydrogen) atoms. The molecule has 1 rings (SSSR count). The van der Waals surface area contributed by atoms with Gasteiger partial charge in [0.1, 0.15) is 5.82 Å². The van der Waals surface area contributed by atoms with Crippen LogP contribution in [0.15, 0.2) is 18.3 Å². The molecule has 0 bridgehead atoms. The standard InChI is InChI=1S/C12H20N4O.2ClH/c1-9(6-13)12(17)15-8-10-4-5-11(14-7-10)16(2)3;;/h4-5,7,9H,6,8,13H2,1-3H3,(H,15,17);2*1H. The molecule has 110 valence electrons. The second-order valence-corrected chi connectivity index (χ2v) is 4.27. The van der Waals surface area contributed by atoms with Gasteiger partial charge in [-0.1, -0.05) is 13.0 Å². The van der Waals surface area contributed by atoms with E-state index in [-0.39, 0.29) is 36.6 Å². The fourth-order valence-corrected chi connectivity index (χ4v) is 1.26. The molecular formula is C12H22Cl2N4O. The van der Waals surface area contributed by atoms with Crippen molar-refractivity contribution in [2.45, 2.75) is 13.5 Å². The van der Waals surface area contributed by atoms with Crippen LogP contribution in [0.3, 0.4) is 0 Å². The van der Waals surface area contributed by atoms with Crippen molar-refractivity contribution in [3.05, 3.63) is 23.9 Å². The molecule has 1 heterocycles. The number of nitrogens with one attached hydrogen (secondary N) is 1. The van der Waals surface area contributed by atoms with Crippen LogP contribution in [0.25, 0.3) is 0 Å². The van der Waals surface area contributed by atoms with E-state index in [0.29, 0.717) is 13.1 Å². The normalized spacial score (nSPS) is 10.7. The summed E-state index contributed by atoms with van der Waals surface area (Å²) >= 11 is 0. The number of hydrogen-bond donors (Lipinski definition) is 2. The number of hydrogen-bond acceptors (Lipinski definition) is 4. The Hall–Kier alpha value is -1.04. The molecule has 0 aliphatic carbocycles. The van der Waals surface area contributed by atoms with E-state index < -0.39 is 0 Å². The lowest BCUT2D eigenvalue weighted by Crippen LogP contribution is -2.32. The third-order valence-electron chi connectivity index (χ3n) is 2.54. The van der Waals surface area contributed by atoms with E-state index in [0.717, 1.165) is 11.4 Å². The number of amides is 1. The zero-order valence-corrected chi connectivity index (χ0v) is 13.1. The summed E-state index contributed by atoms with van der Waals surface area (Å²) in [6.45, 7) is 2.66. The smallest absolute Gasteiger partial charge is 0.224 e. The molecule has 0 radical (unpaired) electrons. The van der Waals surface area contributed by atoms with E-state index in [1.165, 1.54) is 0 Å². The highest BCUT2D eigenvalue weighted by Gasteiger charge is 2.09. The zero-order chi connectivity index (χ0) is 12.8. The summed E-state index contributed by atoms with van der Waals surface area (Å²) in [7, 11) is 3.87. The summed E-state index contributed by atoms with van der Waals surface area (Å²) in [5.74, 6) is 0.726. The minimum Gasteiger partial charge on any atom is -0.363 e. The zero-order valence-electron chi connectivity index (χ0n) is 11.4. The summed E-state index contributed by atoms with van der Waals surface area (Å²) in [4.78, 5) is 17.7. The minimum atomic E-state index is -0.149. The van der Waals surface area contributed by atoms with Crippen molar-refractivity contribution >= 4 is 36.5 Å². The number of halogens is 2. The van der Waals surface area contributed by atoms with E-state index >= 15 is 0 Å². The van der Waals surface area contributed by atoms with Gasteiger partial charge in [0, 0.05) is 39.3 Å². The Morgan fingerprint density at radius 1 is 1.42 bits per heavy atom. The fraction of sp³-hybridized carbons (Fsp3) is 0.500. The lowest BCUT2D eigenvalue weighted by atomic mass is 10.1. The van der Waals surface area contributed by atoms with Gasteiger partial charge in [0.25, 0.3) is 0 Å². The maximum Gasteiger partial charge on any atom is 0.224 e. The number of nitrogens with zero attached hydrogens (tertiary/aromatic N) is 2. The predicted molar refractivity (Wildman–Crippen MR) is 83.1 cm³/mol. The van der Waals surface area contributed by atoms with Crippen molar-refractivity contribution in [3.8, 4) is 0 Å². The Balaban J connectivity index is 0. The van der Waals surface area contributed by atoms with Gasteiger partial charge >= 0.3 is 0 Å². The molecule has 7 heteroatoms. The molecule has 0 aromatic carbocycles. The van der Waals surface area contributed by atoms with Crippen LogP contribution in [0.1, 0.15) is 12.5 Å². The molecule has 5 nitrogen and oxygen atoms in total. The van der Waals surface area contributed by atoms with Gasteiger partial charge in [0.05, 0.1) is 0 Å². The van der Waals surface area contributed by atoms with Crippen molar-refractivity contribution in [1.82, 2.24) is 10.3 Å². The molecule has 0 spiro atoms. The van der Waals surface area contributed by atoms with Crippen LogP contribution in [0.4, 0.5) is 5.82 Å². The molecule has 1 atom stereocenters. The van der Waals surface area contributed by atoms with Crippen LogP contribution in [-0.2, 0) is 11.3 Å². The highest BCUT2D eigenvalue weighted by atomic mass is 35.5. The molecule has 0 saturated carbocycles. The summed E-state index contributed by atoms with van der Waals surface area (Å²) < 4.78 is 0. The van der Waals surface area contributed by atoms with Gasteiger partial charge in [-0.05, 0) is 11.6 Å². The molecule has 3 N–H and O–H groups in total. The summed E-state index contributed by atoms with van der Waals surface area (Å²) in [6, 6.07) is 3.88. The van der Waals surface area contributed by atoms with Crippen LogP contribution in [0.5, 0.6) is 0 Å². The molecule has 0 aliphatic heterocycles. The molecular weight excluding hydrogens is 287 g/mol. The fourth-order valence-electron chi connectivity index (χ4n) is 1.26. The summed E-state index contributed by atoms with van der Waals surface area (Å²) in [5, 5.41) is 2.83. The molecule has 1 amide bonds. The quantitative estimate of drug-likeness (QED) is 0.857. The summed E-state index contributed by atoms with van der Waals surface area (Å²) in [5.41, 5.74) is 6.40. The number of pyridine rings is 1. The minimum absolute atomic E-state index is 0. The van der Waals surface area contributed by atoms with Gasteiger partial charge in [0.15, 0.2) is 0 Å². The van der Waals surface area contributed by atoms with E-state index in [9.17, 15) is 4.79 Å². The molecule has 1 unspecified atom stereocenters. The predicted octanol–water partition coefficient (Wildman–Crippen LogP) is 1.20. The van der Waals surface area contributed by atoms with Crippen LogP contribution >= 0.6 is 24.8 Å². The van der Waals surface area contributed by atoms with Gasteiger partial charge in [-0.15, -0.1) is 24.8 Å². The van der Waals surface area contributed by atoms with E-state index in [1.54, 1.807) is 6.20 Å². The first-order valence-corrected chi connectivity index (χ1v) is 5.64. The van der Waals surface area contributed by atoms with Gasteiger partial charge in [-0.2, -0.15) is 0 Å². The highest BCUT2D eigenvalue weighted by molar-refractivity contribution is 5.85. The van der Waals surface area contributed by atoms with Crippen molar-refractivity contribution in [1.29, 1.82) is 0 Å². The van der Waals surface area contributed by atoms with E-state index in [4.69, 9.17) is 5.73 Å². The first kappa shape index (κ1) is 20.3. The second kappa shape index (κ2) is 9.83. The number of rotatable bonds is 5. The molecule has 0 fully saturated rings. The van der Waals surface area contributed by atoms with E-state index in [1.807, 2.05) is 38.1 Å². The van der Waals surface area contributed by atoms with Gasteiger partial charge < -0.3 is 16.0 Å². The van der Waals surface area contributed by atoms with Gasteiger partial charge in [0.2, 0.25) is 5.91 Å². The Labute approximate surface area is 126 Å². The molecule has 1 aromatic rings. The largest absolute Gasteiger partial charge is 0.363 e. The van der Waals surface area contributed by atoms with Crippen molar-refractivity contribution in [2.75, 3.05) is 25.5 Å². The Kier molecular flexibility index (Phi) is 10.5. The molecule has 0 aliphatic rings. The number of carbonyl (C=O) groups is 1. The number of carbonyl (C=O) groups excluding carboxylic acids is 1. The third-order valence-corrected chi connectivity index (χ3v) is 2.54. The number of anilines is 1. The van der Waals surface area contributed by atoms with Crippen molar-refractivity contribution in [3.63, 3.8) is 0 Å². The van der Waals surface area contributed by atoms with Crippen molar-refractivity contribution in [2.24, 2.45) is 11.7 Å². The van der Waals surface area contributed by atoms with Crippen LogP contribution in [0, 0.1) is 5.92 Å². The third kappa shape index (κ3) is 6.61. The average Bonchev–Trinajstić information content (AvgIpc) is 2.35. The molecule has 1 aromatic heterocycles. The monoisotopic (exact) mass is 308 g/mol. The van der Waals surface area contributed by atoms with Crippen LogP contribution < -0.4 is 16.0 Å². The van der Waals surface area contributed by atoms with Crippen molar-refractivity contribution < 1.29 is 4.79 Å². The Morgan fingerprint density at radius 2 is 2.05 bits per heavy atom. The maximum atomic E-state index is 11.5. The lowest BCUT2D eigenvalue weighted by molar-refractivity contribution is -0.124. The first-order chi connectivity index (χ1) is 8.04. The van der Waals surface area contributed by atoms with E-state index in [2.05, 4.69) is 10.3 Å². The Morgan fingerprint density at radius 3 is 2.47 bits per heavy atom. The maximum absolute atomic E-state index is 11.5. The lowest BCUT2D eigenvalue weighted by Gasteiger charge is -2.12. The second-order valence-electron chi connectivity index (χ2n) is 4.27. The van der Waals surface area contributed by atoms with Crippen LogP contribution in [-0.4, -0.2) is 31.5 Å². The SMILES string of the molecule is CC(CN)C(=O)NCc1ccc(N(C)C)nc1.Cl.Cl. The topological polar surface area (TPSA) is 71.2 Å². The number of aromatic nitrogens is 1. The van der Waals surface area contributed by atoms with Crippen LogP contribution in [0.2, 0.25) is 0 Å². The van der Waals surface area contributed by atoms with Gasteiger partial charge in [-0.25, -0.2) is 4.98 Å². The first-order valence-electron chi connectivity index (χ1n) is 5.64. The molecule has 0 saturated heterocycles. The average molecular weight is 309 g/mol. The number of nitrogens with two attached hydrogens (primary N) is 1. The highest BCUT2D eigenvalue weighted by Crippen LogP contribution is 2.07. The Bertz CT molecular complexity index is 370. The van der Waals surface area contributed by atoms with Gasteiger partial charge in [-0.3, -0.25) is 4.79 Å². The summed E-state index contributed by atoms with van der Waals surface area (Å²) in [6.07, 6.45) is 1.77.